The van der Waals surface area contributed by atoms with E-state index in [-0.39, 0.29) is 33.5 Å². The number of rotatable bonds is 9. The molecule has 1 saturated carbocycles. The Bertz CT molecular complexity index is 2070. The van der Waals surface area contributed by atoms with E-state index in [1.165, 1.54) is 0 Å². The maximum atomic E-state index is 13.7. The SMILES string of the molecule is CC(O)N1CCc2c(nc(C(=O)Nc3cccc(-c4cccc(NC(=O)c5nc6c(n5C)CCN(C[C@H]5CC[C@@H](C(=O)O)CC5)C6)c4Cl)c3Cl)n2C)C1. The van der Waals surface area contributed by atoms with Crippen LogP contribution in [0.5, 0.6) is 0 Å². The molecular weight excluding hydrogens is 719 g/mol. The summed E-state index contributed by atoms with van der Waals surface area (Å²) >= 11 is 13.8. The van der Waals surface area contributed by atoms with Gasteiger partial charge in [-0.15, -0.1) is 0 Å². The fourth-order valence-corrected chi connectivity index (χ4v) is 8.55. The molecule has 2 aromatic carbocycles. The minimum Gasteiger partial charge on any atom is -0.481 e. The molecule has 7 rings (SSSR count). The van der Waals surface area contributed by atoms with Crippen molar-refractivity contribution in [3.8, 4) is 11.1 Å². The van der Waals surface area contributed by atoms with Crippen molar-refractivity contribution >= 4 is 52.4 Å². The van der Waals surface area contributed by atoms with Gasteiger partial charge in [0.05, 0.1) is 38.7 Å². The lowest BCUT2D eigenvalue weighted by molar-refractivity contribution is -0.143. The Hall–Kier alpha value is -4.27. The molecule has 13 nitrogen and oxygen atoms in total. The zero-order chi connectivity index (χ0) is 37.6. The minimum absolute atomic E-state index is 0.228. The number of fused-ring (bicyclic) bond motifs is 2. The minimum atomic E-state index is -0.690. The highest BCUT2D eigenvalue weighted by Gasteiger charge is 2.31. The third-order valence-electron chi connectivity index (χ3n) is 11.1. The fourth-order valence-electron chi connectivity index (χ4n) is 8.00. The largest absolute Gasteiger partial charge is 0.481 e. The van der Waals surface area contributed by atoms with E-state index < -0.39 is 18.1 Å². The summed E-state index contributed by atoms with van der Waals surface area (Å²) in [5.74, 6) is -0.721. The molecule has 1 fully saturated rings. The number of halogens is 2. The highest BCUT2D eigenvalue weighted by atomic mass is 35.5. The van der Waals surface area contributed by atoms with E-state index in [2.05, 4.69) is 20.5 Å². The lowest BCUT2D eigenvalue weighted by atomic mass is 9.81. The van der Waals surface area contributed by atoms with Gasteiger partial charge in [-0.2, -0.15) is 0 Å². The number of nitrogens with zero attached hydrogens (tertiary/aromatic N) is 6. The number of aromatic nitrogens is 4. The number of aliphatic hydroxyl groups excluding tert-OH is 1. The number of hydrogen-bond donors (Lipinski definition) is 4. The number of carbonyl (C=O) groups excluding carboxylic acids is 2. The first kappa shape index (κ1) is 37.1. The predicted octanol–water partition coefficient (Wildman–Crippen LogP) is 5.58. The second-order valence-electron chi connectivity index (χ2n) is 14.4. The molecule has 1 atom stereocenters. The summed E-state index contributed by atoms with van der Waals surface area (Å²) in [5.41, 5.74) is 5.54. The fraction of sp³-hybridized carbons (Fsp3) is 0.447. The van der Waals surface area contributed by atoms with Crippen molar-refractivity contribution in [2.24, 2.45) is 25.9 Å². The van der Waals surface area contributed by atoms with Gasteiger partial charge in [0.2, 0.25) is 0 Å². The maximum absolute atomic E-state index is 13.7. The van der Waals surface area contributed by atoms with Gasteiger partial charge in [0.15, 0.2) is 11.6 Å². The molecule has 280 valence electrons. The van der Waals surface area contributed by atoms with Gasteiger partial charge in [0.25, 0.3) is 11.8 Å². The molecule has 3 aliphatic rings. The lowest BCUT2D eigenvalue weighted by Crippen LogP contribution is -2.37. The Morgan fingerprint density at radius 3 is 1.83 bits per heavy atom. The van der Waals surface area contributed by atoms with Crippen LogP contribution in [-0.2, 0) is 44.8 Å². The first-order valence-corrected chi connectivity index (χ1v) is 18.8. The van der Waals surface area contributed by atoms with Gasteiger partial charge < -0.3 is 30.0 Å². The number of anilines is 2. The van der Waals surface area contributed by atoms with Crippen LogP contribution in [0.25, 0.3) is 11.1 Å². The molecule has 1 aliphatic carbocycles. The molecule has 53 heavy (non-hydrogen) atoms. The standard InChI is InChI=1S/C38H44Cl2N8O5/c1-21(49)48-17-15-31-29(20-48)42-35(46(31)3)37(51)44-27-9-5-7-25(33(27)40)24-6-4-8-26(32(24)39)43-36(50)34-41-28-19-47(16-14-30(28)45(34)2)18-22-10-12-23(13-11-22)38(52)53/h4-9,21-23,49H,10-20H2,1-3H3,(H,43,50)(H,44,51)(H,52,53)/t21?,22-,23+. The number of carbonyl (C=O) groups is 3. The molecule has 4 N–H and O–H groups in total. The zero-order valence-electron chi connectivity index (χ0n) is 30.0. The van der Waals surface area contributed by atoms with Crippen LogP contribution in [0.1, 0.15) is 76.6 Å². The quantitative estimate of drug-likeness (QED) is 0.171. The monoisotopic (exact) mass is 762 g/mol. The molecule has 2 aliphatic heterocycles. The van der Waals surface area contributed by atoms with Gasteiger partial charge in [0.1, 0.15) is 6.23 Å². The van der Waals surface area contributed by atoms with Gasteiger partial charge >= 0.3 is 5.97 Å². The van der Waals surface area contributed by atoms with Crippen LogP contribution in [0.15, 0.2) is 36.4 Å². The summed E-state index contributed by atoms with van der Waals surface area (Å²) < 4.78 is 3.64. The van der Waals surface area contributed by atoms with Crippen LogP contribution in [0.4, 0.5) is 11.4 Å². The Morgan fingerprint density at radius 1 is 0.811 bits per heavy atom. The normalized spacial score (nSPS) is 19.7. The molecule has 0 bridgehead atoms. The van der Waals surface area contributed by atoms with Crippen LogP contribution in [0, 0.1) is 11.8 Å². The van der Waals surface area contributed by atoms with E-state index in [9.17, 15) is 24.6 Å². The van der Waals surface area contributed by atoms with E-state index >= 15 is 0 Å². The molecule has 4 aromatic rings. The molecule has 0 spiro atoms. The summed E-state index contributed by atoms with van der Waals surface area (Å²) in [7, 11) is 3.66. The average molecular weight is 764 g/mol. The van der Waals surface area contributed by atoms with Crippen LogP contribution in [-0.4, -0.2) is 82.8 Å². The van der Waals surface area contributed by atoms with Crippen LogP contribution >= 0.6 is 23.2 Å². The van der Waals surface area contributed by atoms with Crippen molar-refractivity contribution in [1.29, 1.82) is 0 Å². The molecule has 4 heterocycles. The molecule has 15 heteroatoms. The number of amides is 2. The first-order chi connectivity index (χ1) is 25.4. The average Bonchev–Trinajstić information content (AvgIpc) is 3.65. The summed E-state index contributed by atoms with van der Waals surface area (Å²) in [4.78, 5) is 52.1. The summed E-state index contributed by atoms with van der Waals surface area (Å²) in [5, 5.41) is 25.8. The van der Waals surface area contributed by atoms with Gasteiger partial charge in [-0.1, -0.05) is 47.5 Å². The Labute approximate surface area is 317 Å². The lowest BCUT2D eigenvalue weighted by Gasteiger charge is -2.33. The first-order valence-electron chi connectivity index (χ1n) is 18.1. The zero-order valence-corrected chi connectivity index (χ0v) is 31.5. The molecule has 1 unspecified atom stereocenters. The maximum Gasteiger partial charge on any atom is 0.306 e. The molecule has 0 saturated heterocycles. The number of hydrogen-bond acceptors (Lipinski definition) is 8. The van der Waals surface area contributed by atoms with E-state index in [1.54, 1.807) is 47.9 Å². The van der Waals surface area contributed by atoms with Crippen molar-refractivity contribution in [2.45, 2.75) is 64.8 Å². The molecule has 2 amide bonds. The van der Waals surface area contributed by atoms with Crippen molar-refractivity contribution in [1.82, 2.24) is 28.9 Å². The number of carboxylic acids is 1. The summed E-state index contributed by atoms with van der Waals surface area (Å²) in [6, 6.07) is 10.6. The number of aliphatic carboxylic acids is 1. The highest BCUT2D eigenvalue weighted by Crippen LogP contribution is 2.40. The summed E-state index contributed by atoms with van der Waals surface area (Å²) in [6.45, 7) is 5.23. The number of nitrogens with one attached hydrogen (secondary N) is 2. The Morgan fingerprint density at radius 2 is 1.32 bits per heavy atom. The number of carboxylic acid groups (broad SMARTS) is 1. The van der Waals surface area contributed by atoms with Crippen LogP contribution in [0.3, 0.4) is 0 Å². The third kappa shape index (κ3) is 7.45. The smallest absolute Gasteiger partial charge is 0.306 e. The van der Waals surface area contributed by atoms with Crippen molar-refractivity contribution in [3.05, 3.63) is 80.9 Å². The Kier molecular flexibility index (Phi) is 10.6. The van der Waals surface area contributed by atoms with Gasteiger partial charge in [0, 0.05) is 82.2 Å². The van der Waals surface area contributed by atoms with Crippen molar-refractivity contribution in [3.63, 3.8) is 0 Å². The van der Waals surface area contributed by atoms with E-state index in [4.69, 9.17) is 28.2 Å². The highest BCUT2D eigenvalue weighted by molar-refractivity contribution is 6.40. The van der Waals surface area contributed by atoms with Gasteiger partial charge in [-0.05, 0) is 50.7 Å². The van der Waals surface area contributed by atoms with E-state index in [0.717, 1.165) is 68.0 Å². The number of imidazole rings is 2. The van der Waals surface area contributed by atoms with Crippen molar-refractivity contribution < 1.29 is 24.6 Å². The Balaban J connectivity index is 1.04. The molecular formula is C38H44Cl2N8O5. The van der Waals surface area contributed by atoms with Crippen molar-refractivity contribution in [2.75, 3.05) is 30.3 Å². The van der Waals surface area contributed by atoms with Crippen LogP contribution < -0.4 is 10.6 Å². The van der Waals surface area contributed by atoms with Gasteiger partial charge in [-0.3, -0.25) is 24.2 Å². The van der Waals surface area contributed by atoms with E-state index in [0.29, 0.717) is 54.5 Å². The van der Waals surface area contributed by atoms with Gasteiger partial charge in [-0.25, -0.2) is 9.97 Å². The van der Waals surface area contributed by atoms with E-state index in [1.807, 2.05) is 23.6 Å². The van der Waals surface area contributed by atoms with Crippen LogP contribution in [0.2, 0.25) is 10.0 Å². The number of aliphatic hydroxyl groups is 1. The summed E-state index contributed by atoms with van der Waals surface area (Å²) in [6.07, 6.45) is 4.11. The molecule has 0 radical (unpaired) electrons. The molecule has 2 aromatic heterocycles. The third-order valence-corrected chi connectivity index (χ3v) is 11.9. The second kappa shape index (κ2) is 15.2. The second-order valence-corrected chi connectivity index (χ2v) is 15.2. The predicted molar refractivity (Wildman–Crippen MR) is 202 cm³/mol. The number of benzene rings is 2. The topological polar surface area (TPSA) is 158 Å².